The minimum atomic E-state index is 0. The van der Waals surface area contributed by atoms with Crippen molar-refractivity contribution in [3.63, 3.8) is 0 Å². The van der Waals surface area contributed by atoms with E-state index in [2.05, 4.69) is 81.4 Å². The number of phenolic OH excluding ortho intramolecular Hbond substituents is 1. The zero-order chi connectivity index (χ0) is 18.2. The van der Waals surface area contributed by atoms with E-state index >= 15 is 0 Å². The van der Waals surface area contributed by atoms with Gasteiger partial charge in [-0.15, -0.1) is 13.3 Å². The van der Waals surface area contributed by atoms with Crippen LogP contribution in [0.4, 0.5) is 0 Å². The molecule has 2 rings (SSSR count). The number of rotatable bonds is 0. The standard InChI is InChI=1S/C10H14O.C8H11.C3H6.2ClH.Ti/c1-10(2,3)8-5-4-6-9(11)7-8;1-6-4-5-7(2)8(6)3;1-3-2;;;/h4-7,11H,1-3H3;4H2,1-3H3;1-2H3;2*1H;/q;-1;;;;+1/p-2. The summed E-state index contributed by atoms with van der Waals surface area (Å²) < 4.78 is 1.42. The molecular formula is C21H31Cl2OTi-2. The molecule has 141 valence electrons. The molecule has 1 N–H and O–H groups in total. The minimum absolute atomic E-state index is 0. The van der Waals surface area contributed by atoms with E-state index in [1.165, 1.54) is 20.5 Å². The number of allylic oxidation sites excluding steroid dienone is 4. The van der Waals surface area contributed by atoms with Crippen molar-refractivity contribution in [1.82, 2.24) is 0 Å². The Bertz CT molecular complexity index is 587. The van der Waals surface area contributed by atoms with E-state index in [9.17, 15) is 5.11 Å². The van der Waals surface area contributed by atoms with E-state index in [4.69, 9.17) is 0 Å². The number of phenols is 1. The second-order valence-electron chi connectivity index (χ2n) is 7.18. The molecule has 0 atom stereocenters. The molecular weight excluding hydrogens is 387 g/mol. The average Bonchev–Trinajstić information content (AvgIpc) is 2.69. The quantitative estimate of drug-likeness (QED) is 0.462. The summed E-state index contributed by atoms with van der Waals surface area (Å²) in [6.45, 7) is 17.0. The van der Waals surface area contributed by atoms with Gasteiger partial charge in [0.2, 0.25) is 0 Å². The summed E-state index contributed by atoms with van der Waals surface area (Å²) in [5.41, 5.74) is 5.53. The van der Waals surface area contributed by atoms with Crippen LogP contribution in [0.15, 0.2) is 41.0 Å². The van der Waals surface area contributed by atoms with Gasteiger partial charge in [-0.3, -0.25) is 6.08 Å². The molecule has 25 heavy (non-hydrogen) atoms. The molecule has 4 heteroatoms. The van der Waals surface area contributed by atoms with Gasteiger partial charge in [-0.2, -0.15) is 11.1 Å². The Morgan fingerprint density at radius 1 is 1.08 bits per heavy atom. The van der Waals surface area contributed by atoms with Gasteiger partial charge in [-0.05, 0) is 23.1 Å². The van der Waals surface area contributed by atoms with Crippen molar-refractivity contribution < 1.29 is 49.9 Å². The van der Waals surface area contributed by atoms with Crippen LogP contribution in [0, 0.1) is 6.08 Å². The number of aromatic hydroxyl groups is 1. The predicted octanol–water partition coefficient (Wildman–Crippen LogP) is -0.0809. The van der Waals surface area contributed by atoms with Crippen molar-refractivity contribution in [2.75, 3.05) is 0 Å². The van der Waals surface area contributed by atoms with Crippen LogP contribution >= 0.6 is 0 Å². The maximum atomic E-state index is 9.18. The van der Waals surface area contributed by atoms with Crippen molar-refractivity contribution in [3.05, 3.63) is 52.6 Å². The van der Waals surface area contributed by atoms with Crippen LogP contribution in [0.3, 0.4) is 0 Å². The molecule has 0 saturated heterocycles. The molecule has 0 aromatic heterocycles. The fourth-order valence-corrected chi connectivity index (χ4v) is 1.82. The molecule has 0 spiro atoms. The largest absolute Gasteiger partial charge is 1.00 e. The van der Waals surface area contributed by atoms with Crippen LogP contribution in [-0.4, -0.2) is 8.92 Å². The van der Waals surface area contributed by atoms with Crippen molar-refractivity contribution in [3.8, 4) is 5.75 Å². The normalized spacial score (nSPS) is 12.5. The number of benzene rings is 1. The van der Waals surface area contributed by atoms with Crippen molar-refractivity contribution >= 4 is 3.81 Å². The molecule has 0 heterocycles. The Kier molecular flexibility index (Phi) is 16.3. The fraction of sp³-hybridized carbons (Fsp3) is 0.476. The second-order valence-corrected chi connectivity index (χ2v) is 8.75. The van der Waals surface area contributed by atoms with Crippen LogP contribution in [-0.2, 0) is 25.4 Å². The Balaban J connectivity index is -0.000000308. The van der Waals surface area contributed by atoms with Gasteiger partial charge in [-0.1, -0.05) is 46.8 Å². The van der Waals surface area contributed by atoms with Gasteiger partial charge in [0.05, 0.1) is 0 Å². The van der Waals surface area contributed by atoms with Crippen molar-refractivity contribution in [2.45, 2.75) is 67.2 Å². The molecule has 1 nitrogen and oxygen atoms in total. The molecule has 0 saturated carbocycles. The number of hydrogen-bond acceptors (Lipinski definition) is 1. The van der Waals surface area contributed by atoms with Crippen molar-refractivity contribution in [2.24, 2.45) is 0 Å². The van der Waals surface area contributed by atoms with Crippen LogP contribution in [0.1, 0.15) is 67.4 Å². The average molecular weight is 418 g/mol. The molecule has 1 aliphatic rings. The van der Waals surface area contributed by atoms with E-state index in [0.717, 1.165) is 12.0 Å². The third kappa shape index (κ3) is 13.5. The first-order valence-corrected chi connectivity index (χ1v) is 8.78. The zero-order valence-electron chi connectivity index (χ0n) is 16.7. The molecule has 0 radical (unpaired) electrons. The Hall–Kier alpha value is -0.336. The third-order valence-corrected chi connectivity index (χ3v) is 3.53. The van der Waals surface area contributed by atoms with E-state index in [1.54, 1.807) is 12.1 Å². The predicted molar refractivity (Wildman–Crippen MR) is 98.6 cm³/mol. The van der Waals surface area contributed by atoms with Gasteiger partial charge in [0.1, 0.15) is 5.75 Å². The van der Waals surface area contributed by atoms with Gasteiger partial charge in [0, 0.05) is 0 Å². The van der Waals surface area contributed by atoms with E-state index < -0.39 is 0 Å². The molecule has 1 aromatic rings. The SMILES string of the molecule is CC(C)(C)c1cccc(O)c1.CC1=[C-]CC(C)=C1C.C[C](C)=[Ti+].[Cl-].[Cl-]. The summed E-state index contributed by atoms with van der Waals surface area (Å²) in [7, 11) is 0. The summed E-state index contributed by atoms with van der Waals surface area (Å²) in [6, 6.07) is 7.39. The summed E-state index contributed by atoms with van der Waals surface area (Å²) in [5.74, 6) is 0.345. The van der Waals surface area contributed by atoms with E-state index in [1.807, 2.05) is 12.1 Å². The molecule has 1 aliphatic carbocycles. The van der Waals surface area contributed by atoms with Gasteiger partial charge in [0.25, 0.3) is 0 Å². The molecule has 0 aliphatic heterocycles. The monoisotopic (exact) mass is 417 g/mol. The second kappa shape index (κ2) is 13.8. The van der Waals surface area contributed by atoms with Gasteiger partial charge >= 0.3 is 37.6 Å². The maximum Gasteiger partial charge on any atom is -1.00 e. The Labute approximate surface area is 178 Å². The summed E-state index contributed by atoms with van der Waals surface area (Å²) in [6.07, 6.45) is 4.31. The molecule has 0 unspecified atom stereocenters. The Morgan fingerprint density at radius 2 is 1.56 bits per heavy atom. The molecule has 1 aromatic carbocycles. The first-order chi connectivity index (χ1) is 10.4. The zero-order valence-corrected chi connectivity index (χ0v) is 19.8. The maximum absolute atomic E-state index is 9.18. The summed E-state index contributed by atoms with van der Waals surface area (Å²) >= 11 is 2.08. The number of halogens is 2. The van der Waals surface area contributed by atoms with Crippen molar-refractivity contribution in [1.29, 1.82) is 0 Å². The van der Waals surface area contributed by atoms with Gasteiger partial charge < -0.3 is 29.9 Å². The first-order valence-electron chi connectivity index (χ1n) is 8.00. The third-order valence-electron chi connectivity index (χ3n) is 3.53. The first kappa shape index (κ1) is 29.4. The fourth-order valence-electron chi connectivity index (χ4n) is 1.82. The van der Waals surface area contributed by atoms with E-state index in [-0.39, 0.29) is 30.2 Å². The van der Waals surface area contributed by atoms with Crippen LogP contribution in [0.2, 0.25) is 0 Å². The van der Waals surface area contributed by atoms with Crippen LogP contribution in [0.5, 0.6) is 5.75 Å². The number of hydrogen-bond donors (Lipinski definition) is 1. The topological polar surface area (TPSA) is 20.2 Å². The van der Waals surface area contributed by atoms with Gasteiger partial charge in [0.15, 0.2) is 0 Å². The smallest absolute Gasteiger partial charge is 1.00 e. The molecule has 0 bridgehead atoms. The summed E-state index contributed by atoms with van der Waals surface area (Å²) in [4.78, 5) is 0. The van der Waals surface area contributed by atoms with Gasteiger partial charge in [-0.25, -0.2) is 5.57 Å². The van der Waals surface area contributed by atoms with Crippen LogP contribution in [0.25, 0.3) is 0 Å². The molecule has 0 amide bonds. The Morgan fingerprint density at radius 3 is 1.76 bits per heavy atom. The van der Waals surface area contributed by atoms with Crippen LogP contribution < -0.4 is 24.8 Å². The molecule has 0 fully saturated rings. The minimum Gasteiger partial charge on any atom is -1.00 e. The van der Waals surface area contributed by atoms with E-state index in [0.29, 0.717) is 5.75 Å². The summed E-state index contributed by atoms with van der Waals surface area (Å²) in [5, 5.41) is 9.18.